The number of rotatable bonds is 9. The molecule has 0 spiro atoms. The van der Waals surface area contributed by atoms with Crippen molar-refractivity contribution in [1.82, 2.24) is 19.8 Å². The second kappa shape index (κ2) is 10.2. The molecule has 2 N–H and O–H groups in total. The Morgan fingerprint density at radius 3 is 2.55 bits per heavy atom. The molecule has 198 valence electrons. The van der Waals surface area contributed by atoms with Gasteiger partial charge in [-0.1, -0.05) is 24.3 Å². The largest absolute Gasteiger partial charge is 0.497 e. The molecule has 3 aromatic rings. The highest BCUT2D eigenvalue weighted by Crippen LogP contribution is 2.39. The number of hydrogen-bond donors (Lipinski definition) is 2. The summed E-state index contributed by atoms with van der Waals surface area (Å²) in [6.45, 7) is 4.58. The summed E-state index contributed by atoms with van der Waals surface area (Å²) in [6.07, 6.45) is 3.07. The zero-order valence-corrected chi connectivity index (χ0v) is 21.7. The van der Waals surface area contributed by atoms with Crippen LogP contribution >= 0.6 is 0 Å². The number of anilines is 1. The molecule has 1 fully saturated rings. The summed E-state index contributed by atoms with van der Waals surface area (Å²) in [5.74, 6) is 0.121. The summed E-state index contributed by atoms with van der Waals surface area (Å²) in [7, 11) is 1.60. The van der Waals surface area contributed by atoms with Crippen LogP contribution in [0.2, 0.25) is 0 Å². The van der Waals surface area contributed by atoms with E-state index in [0.29, 0.717) is 24.6 Å². The number of hydrogen-bond acceptors (Lipinski definition) is 6. The van der Waals surface area contributed by atoms with Crippen LogP contribution in [-0.4, -0.2) is 57.5 Å². The third-order valence-electron chi connectivity index (χ3n) is 6.93. The van der Waals surface area contributed by atoms with Crippen LogP contribution in [0.4, 0.5) is 5.69 Å². The van der Waals surface area contributed by atoms with E-state index >= 15 is 0 Å². The lowest BCUT2D eigenvalue weighted by molar-refractivity contribution is -0.133. The second-order valence-corrected chi connectivity index (χ2v) is 9.66. The molecule has 10 heteroatoms. The second-order valence-electron chi connectivity index (χ2n) is 9.66. The molecule has 10 nitrogen and oxygen atoms in total. The monoisotopic (exact) mass is 517 g/mol. The highest BCUT2D eigenvalue weighted by atomic mass is 16.5. The quantitative estimate of drug-likeness (QED) is 0.450. The molecule has 0 radical (unpaired) electrons. The van der Waals surface area contributed by atoms with E-state index < -0.39 is 11.4 Å². The van der Waals surface area contributed by atoms with E-state index in [1.165, 1.54) is 6.33 Å². The smallest absolute Gasteiger partial charge is 0.276 e. The molecule has 38 heavy (non-hydrogen) atoms. The number of ether oxygens (including phenoxy) is 2. The molecule has 2 aliphatic rings. The Hall–Kier alpha value is -4.34. The molecule has 1 unspecified atom stereocenters. The van der Waals surface area contributed by atoms with Gasteiger partial charge in [0.25, 0.3) is 11.8 Å². The van der Waals surface area contributed by atoms with Gasteiger partial charge in [-0.25, -0.2) is 4.98 Å². The van der Waals surface area contributed by atoms with Crippen LogP contribution in [0.1, 0.15) is 53.2 Å². The molecule has 3 amide bonds. The maximum Gasteiger partial charge on any atom is 0.276 e. The summed E-state index contributed by atoms with van der Waals surface area (Å²) in [6, 6.07) is 14.5. The van der Waals surface area contributed by atoms with E-state index in [-0.39, 0.29) is 35.8 Å². The Balaban J connectivity index is 1.38. The van der Waals surface area contributed by atoms with Gasteiger partial charge in [-0.15, -0.1) is 0 Å². The molecule has 0 saturated heterocycles. The number of aromatic nitrogens is 2. The summed E-state index contributed by atoms with van der Waals surface area (Å²) in [4.78, 5) is 46.5. The van der Waals surface area contributed by atoms with E-state index in [9.17, 15) is 14.4 Å². The number of benzene rings is 2. The average Bonchev–Trinajstić information content (AvgIpc) is 3.66. The predicted molar refractivity (Wildman–Crippen MR) is 140 cm³/mol. The van der Waals surface area contributed by atoms with Gasteiger partial charge in [0.1, 0.15) is 22.7 Å². The highest BCUT2D eigenvalue weighted by molar-refractivity contribution is 6.12. The third kappa shape index (κ3) is 4.69. The Kier molecular flexibility index (Phi) is 6.79. The lowest BCUT2D eigenvalue weighted by Gasteiger charge is -2.44. The van der Waals surface area contributed by atoms with Crippen LogP contribution in [0.5, 0.6) is 11.5 Å². The molecule has 1 aliphatic heterocycles. The zero-order valence-electron chi connectivity index (χ0n) is 21.7. The molecule has 0 bridgehead atoms. The maximum atomic E-state index is 13.8. The number of nitrogens with zero attached hydrogens (tertiary/aromatic N) is 3. The molecule has 1 saturated carbocycles. The van der Waals surface area contributed by atoms with Gasteiger partial charge >= 0.3 is 0 Å². The molecule has 2 aromatic carbocycles. The van der Waals surface area contributed by atoms with E-state index in [2.05, 4.69) is 15.6 Å². The van der Waals surface area contributed by atoms with Crippen molar-refractivity contribution >= 4 is 23.4 Å². The molecule has 1 aliphatic carbocycles. The molecule has 1 atom stereocenters. The third-order valence-corrected chi connectivity index (χ3v) is 6.93. The van der Waals surface area contributed by atoms with Crippen molar-refractivity contribution in [2.24, 2.45) is 0 Å². The Morgan fingerprint density at radius 1 is 1.13 bits per heavy atom. The van der Waals surface area contributed by atoms with Gasteiger partial charge in [-0.2, -0.15) is 0 Å². The minimum absolute atomic E-state index is 0.0210. The van der Waals surface area contributed by atoms with E-state index in [0.717, 1.165) is 24.2 Å². The van der Waals surface area contributed by atoms with E-state index in [4.69, 9.17) is 9.47 Å². The number of nitrogens with one attached hydrogen (secondary N) is 2. The first kappa shape index (κ1) is 25.3. The minimum atomic E-state index is -1.13. The average molecular weight is 518 g/mol. The topological polar surface area (TPSA) is 115 Å². The van der Waals surface area contributed by atoms with Crippen LogP contribution in [0, 0.1) is 0 Å². The highest BCUT2D eigenvalue weighted by Gasteiger charge is 2.53. The molecule has 1 aromatic heterocycles. The van der Waals surface area contributed by atoms with Gasteiger partial charge < -0.3 is 29.6 Å². The zero-order chi connectivity index (χ0) is 26.9. The standard InChI is InChI=1S/C28H31N5O5/c1-4-38-22-8-6-5-7-21(22)31-25(34)23-24-26(35)33(19-11-12-19)28(2,16-32(24)17-30-23)27(36)29-15-18-9-13-20(37-3)14-10-18/h5-10,13-14,17,19H,4,11-12,15-16H2,1-3H3,(H,29,36)(H,31,34). The van der Waals surface area contributed by atoms with Crippen LogP contribution in [0.3, 0.4) is 0 Å². The van der Waals surface area contributed by atoms with Crippen LogP contribution in [0.15, 0.2) is 54.9 Å². The Labute approximate surface area is 220 Å². The number of para-hydroxylation sites is 2. The summed E-state index contributed by atoms with van der Waals surface area (Å²) in [5.41, 5.74) is 0.480. The number of carbonyl (C=O) groups excluding carboxylic acids is 3. The summed E-state index contributed by atoms with van der Waals surface area (Å²) in [5, 5.41) is 5.81. The molecule has 2 heterocycles. The van der Waals surface area contributed by atoms with Crippen LogP contribution in [-0.2, 0) is 17.9 Å². The molecular formula is C28H31N5O5. The summed E-state index contributed by atoms with van der Waals surface area (Å²) < 4.78 is 12.4. The number of carbonyl (C=O) groups is 3. The number of imidazole rings is 1. The number of fused-ring (bicyclic) bond motifs is 1. The van der Waals surface area contributed by atoms with Crippen LogP contribution in [0.25, 0.3) is 0 Å². The van der Waals surface area contributed by atoms with Gasteiger partial charge in [-0.05, 0) is 56.5 Å². The Morgan fingerprint density at radius 2 is 1.87 bits per heavy atom. The lowest BCUT2D eigenvalue weighted by atomic mass is 9.93. The van der Waals surface area contributed by atoms with Gasteiger partial charge in [0.2, 0.25) is 5.91 Å². The minimum Gasteiger partial charge on any atom is -0.497 e. The first-order chi connectivity index (χ1) is 18.4. The first-order valence-electron chi connectivity index (χ1n) is 12.7. The van der Waals surface area contributed by atoms with E-state index in [1.54, 1.807) is 41.7 Å². The number of methoxy groups -OCH3 is 1. The molecule has 5 rings (SSSR count). The fraction of sp³-hybridized carbons (Fsp3) is 0.357. The summed E-state index contributed by atoms with van der Waals surface area (Å²) >= 11 is 0. The number of amides is 3. The van der Waals surface area contributed by atoms with Crippen molar-refractivity contribution in [2.75, 3.05) is 19.0 Å². The van der Waals surface area contributed by atoms with Gasteiger partial charge in [0.15, 0.2) is 5.69 Å². The normalized spacial score (nSPS) is 18.5. The van der Waals surface area contributed by atoms with Crippen molar-refractivity contribution < 1.29 is 23.9 Å². The fourth-order valence-electron chi connectivity index (χ4n) is 4.87. The predicted octanol–water partition coefficient (Wildman–Crippen LogP) is 3.24. The first-order valence-corrected chi connectivity index (χ1v) is 12.7. The molecular weight excluding hydrogens is 486 g/mol. The SMILES string of the molecule is CCOc1ccccc1NC(=O)c1ncn2c1C(=O)N(C1CC1)C(C)(C(=O)NCc1ccc(OC)cc1)C2. The van der Waals surface area contributed by atoms with Gasteiger partial charge in [-0.3, -0.25) is 14.4 Å². The Bertz CT molecular complexity index is 1360. The fourth-order valence-corrected chi connectivity index (χ4v) is 4.87. The van der Waals surface area contributed by atoms with Gasteiger partial charge in [0, 0.05) is 12.6 Å². The maximum absolute atomic E-state index is 13.8. The van der Waals surface area contributed by atoms with Crippen molar-refractivity contribution in [2.45, 2.75) is 51.4 Å². The van der Waals surface area contributed by atoms with Crippen molar-refractivity contribution in [1.29, 1.82) is 0 Å². The van der Waals surface area contributed by atoms with Crippen molar-refractivity contribution in [3.05, 3.63) is 71.8 Å². The van der Waals surface area contributed by atoms with Crippen LogP contribution < -0.4 is 20.1 Å². The van der Waals surface area contributed by atoms with Gasteiger partial charge in [0.05, 0.1) is 32.3 Å². The van der Waals surface area contributed by atoms with Crippen molar-refractivity contribution in [3.63, 3.8) is 0 Å². The van der Waals surface area contributed by atoms with E-state index in [1.807, 2.05) is 37.3 Å². The lowest BCUT2D eigenvalue weighted by Crippen LogP contribution is -2.64. The van der Waals surface area contributed by atoms with Crippen molar-refractivity contribution in [3.8, 4) is 11.5 Å².